The van der Waals surface area contributed by atoms with Gasteiger partial charge in [0.15, 0.2) is 0 Å². The van der Waals surface area contributed by atoms with Gasteiger partial charge in [0.05, 0.1) is 17.5 Å². The van der Waals surface area contributed by atoms with Gasteiger partial charge in [-0.15, -0.1) is 0 Å². The van der Waals surface area contributed by atoms with E-state index < -0.39 is 0 Å². The number of hydrogen-bond donors (Lipinski definition) is 3. The number of nitrogens with one attached hydrogen (secondary N) is 2. The molecule has 0 spiro atoms. The molecule has 0 aromatic heterocycles. The summed E-state index contributed by atoms with van der Waals surface area (Å²) < 4.78 is 0. The molecule has 0 aliphatic carbocycles. The number of hydrogen-bond acceptors (Lipinski definition) is 5. The molecule has 7 nitrogen and oxygen atoms in total. The molecular formula is C26H35ClN4O3. The zero-order valence-electron chi connectivity index (χ0n) is 20.2. The molecule has 0 radical (unpaired) electrons. The van der Waals surface area contributed by atoms with Gasteiger partial charge in [0, 0.05) is 37.1 Å². The van der Waals surface area contributed by atoms with Crippen LogP contribution in [0.5, 0.6) is 5.75 Å². The van der Waals surface area contributed by atoms with Gasteiger partial charge in [-0.2, -0.15) is 0 Å². The standard InChI is InChI=1S/C26H35ClN4O3/c1-4-19(3)31(22-7-5-6-18(2)14-22)13-11-28-25(33)17-30-12-10-20(16-30)26(34)29-21-8-9-24(32)23(27)15-21/h5-9,14-15,19-20,32H,4,10-13,16-17H2,1-3H3,(H,28,33)(H,29,34)/t19?,20-/m1/s1. The summed E-state index contributed by atoms with van der Waals surface area (Å²) in [6.45, 7) is 9.28. The summed E-state index contributed by atoms with van der Waals surface area (Å²) in [5.41, 5.74) is 2.94. The fourth-order valence-corrected chi connectivity index (χ4v) is 4.41. The number of halogens is 1. The quantitative estimate of drug-likeness (QED) is 0.441. The predicted molar refractivity (Wildman–Crippen MR) is 138 cm³/mol. The van der Waals surface area contributed by atoms with Crippen molar-refractivity contribution in [3.8, 4) is 5.75 Å². The summed E-state index contributed by atoms with van der Waals surface area (Å²) in [6.07, 6.45) is 1.72. The fourth-order valence-electron chi connectivity index (χ4n) is 4.22. The molecule has 0 bridgehead atoms. The van der Waals surface area contributed by atoms with Crippen LogP contribution in [0.2, 0.25) is 5.02 Å². The van der Waals surface area contributed by atoms with Gasteiger partial charge in [-0.05, 0) is 69.1 Å². The van der Waals surface area contributed by atoms with Crippen molar-refractivity contribution in [1.82, 2.24) is 10.2 Å². The van der Waals surface area contributed by atoms with Gasteiger partial charge in [-0.25, -0.2) is 0 Å². The summed E-state index contributed by atoms with van der Waals surface area (Å²) in [4.78, 5) is 29.5. The maximum absolute atomic E-state index is 12.6. The minimum atomic E-state index is -0.192. The lowest BCUT2D eigenvalue weighted by atomic mass is 10.1. The SMILES string of the molecule is CCC(C)N(CCNC(=O)CN1CC[C@@H](C(=O)Nc2ccc(O)c(Cl)c2)C1)c1cccc(C)c1. The number of phenols is 1. The topological polar surface area (TPSA) is 84.9 Å². The maximum Gasteiger partial charge on any atom is 0.234 e. The zero-order valence-corrected chi connectivity index (χ0v) is 20.9. The number of benzene rings is 2. The summed E-state index contributed by atoms with van der Waals surface area (Å²) in [5, 5.41) is 15.6. The third kappa shape index (κ3) is 7.11. The van der Waals surface area contributed by atoms with Crippen molar-refractivity contribution < 1.29 is 14.7 Å². The van der Waals surface area contributed by atoms with Crippen LogP contribution < -0.4 is 15.5 Å². The second kappa shape index (κ2) is 12.1. The Morgan fingerprint density at radius 3 is 2.76 bits per heavy atom. The molecule has 3 N–H and O–H groups in total. The largest absolute Gasteiger partial charge is 0.506 e. The van der Waals surface area contributed by atoms with Crippen LogP contribution in [-0.2, 0) is 9.59 Å². The number of carbonyl (C=O) groups is 2. The third-order valence-electron chi connectivity index (χ3n) is 6.36. The minimum absolute atomic E-state index is 0.0242. The van der Waals surface area contributed by atoms with Crippen LogP contribution in [0.15, 0.2) is 42.5 Å². The Morgan fingerprint density at radius 2 is 2.06 bits per heavy atom. The van der Waals surface area contributed by atoms with Crippen molar-refractivity contribution in [3.05, 3.63) is 53.1 Å². The first-order chi connectivity index (χ1) is 16.3. The summed E-state index contributed by atoms with van der Waals surface area (Å²) in [7, 11) is 0. The van der Waals surface area contributed by atoms with Crippen LogP contribution in [0.3, 0.4) is 0 Å². The Morgan fingerprint density at radius 1 is 1.26 bits per heavy atom. The molecule has 1 aliphatic heterocycles. The van der Waals surface area contributed by atoms with E-state index in [0.717, 1.165) is 13.0 Å². The monoisotopic (exact) mass is 486 g/mol. The Labute approximate surface area is 207 Å². The predicted octanol–water partition coefficient (Wildman–Crippen LogP) is 4.04. The number of phenolic OH excluding ortho intramolecular Hbond substituents is 1. The maximum atomic E-state index is 12.6. The lowest BCUT2D eigenvalue weighted by Gasteiger charge is -2.31. The van der Waals surface area contributed by atoms with E-state index in [-0.39, 0.29) is 35.0 Å². The molecule has 0 saturated carbocycles. The summed E-state index contributed by atoms with van der Waals surface area (Å²) in [5.74, 6) is -0.349. The van der Waals surface area contributed by atoms with E-state index in [2.05, 4.69) is 60.6 Å². The highest BCUT2D eigenvalue weighted by atomic mass is 35.5. The average molecular weight is 487 g/mol. The number of carbonyl (C=O) groups excluding carboxylic acids is 2. The third-order valence-corrected chi connectivity index (χ3v) is 6.66. The second-order valence-electron chi connectivity index (χ2n) is 9.02. The Hall–Kier alpha value is -2.77. The highest BCUT2D eigenvalue weighted by molar-refractivity contribution is 6.32. The molecule has 2 atom stereocenters. The Kier molecular flexibility index (Phi) is 9.19. The summed E-state index contributed by atoms with van der Waals surface area (Å²) >= 11 is 5.91. The van der Waals surface area contributed by atoms with Crippen molar-refractivity contribution in [2.75, 3.05) is 42.9 Å². The Balaban J connectivity index is 1.44. The lowest BCUT2D eigenvalue weighted by molar-refractivity contribution is -0.123. The summed E-state index contributed by atoms with van der Waals surface area (Å²) in [6, 6.07) is 13.4. The van der Waals surface area contributed by atoms with Crippen LogP contribution in [-0.4, -0.2) is 60.6 Å². The molecule has 2 amide bonds. The smallest absolute Gasteiger partial charge is 0.234 e. The minimum Gasteiger partial charge on any atom is -0.506 e. The number of aromatic hydroxyl groups is 1. The molecule has 8 heteroatoms. The molecular weight excluding hydrogens is 452 g/mol. The van der Waals surface area contributed by atoms with Crippen molar-refractivity contribution in [2.24, 2.45) is 5.92 Å². The number of anilines is 2. The highest BCUT2D eigenvalue weighted by Gasteiger charge is 2.29. The number of nitrogens with zero attached hydrogens (tertiary/aromatic N) is 2. The van der Waals surface area contributed by atoms with Crippen molar-refractivity contribution in [1.29, 1.82) is 0 Å². The molecule has 1 unspecified atom stereocenters. The van der Waals surface area contributed by atoms with Crippen LogP contribution in [0, 0.1) is 12.8 Å². The van der Waals surface area contributed by atoms with E-state index in [9.17, 15) is 14.7 Å². The van der Waals surface area contributed by atoms with Gasteiger partial charge in [0.1, 0.15) is 5.75 Å². The first-order valence-electron chi connectivity index (χ1n) is 11.9. The molecule has 1 saturated heterocycles. The first kappa shape index (κ1) is 25.8. The van der Waals surface area contributed by atoms with Crippen LogP contribution in [0.25, 0.3) is 0 Å². The van der Waals surface area contributed by atoms with E-state index in [1.54, 1.807) is 6.07 Å². The van der Waals surface area contributed by atoms with Gasteiger partial charge in [-0.3, -0.25) is 14.5 Å². The van der Waals surface area contributed by atoms with E-state index in [0.29, 0.717) is 37.8 Å². The molecule has 184 valence electrons. The molecule has 1 heterocycles. The highest BCUT2D eigenvalue weighted by Crippen LogP contribution is 2.27. The number of likely N-dealkylation sites (tertiary alicyclic amines) is 1. The van der Waals surface area contributed by atoms with Crippen molar-refractivity contribution in [2.45, 2.75) is 39.7 Å². The molecule has 2 aromatic rings. The van der Waals surface area contributed by atoms with Crippen molar-refractivity contribution in [3.63, 3.8) is 0 Å². The van der Waals surface area contributed by atoms with E-state index in [1.807, 2.05) is 4.90 Å². The van der Waals surface area contributed by atoms with Gasteiger partial charge < -0.3 is 20.6 Å². The number of aryl methyl sites for hydroxylation is 1. The second-order valence-corrected chi connectivity index (χ2v) is 9.42. The van der Waals surface area contributed by atoms with Crippen LogP contribution in [0.4, 0.5) is 11.4 Å². The van der Waals surface area contributed by atoms with Crippen LogP contribution >= 0.6 is 11.6 Å². The van der Waals surface area contributed by atoms with Gasteiger partial charge in [0.2, 0.25) is 11.8 Å². The fraction of sp³-hybridized carbons (Fsp3) is 0.462. The van der Waals surface area contributed by atoms with E-state index in [4.69, 9.17) is 11.6 Å². The van der Waals surface area contributed by atoms with E-state index >= 15 is 0 Å². The first-order valence-corrected chi connectivity index (χ1v) is 12.3. The molecule has 1 fully saturated rings. The molecule has 34 heavy (non-hydrogen) atoms. The van der Waals surface area contributed by atoms with E-state index in [1.165, 1.54) is 23.4 Å². The van der Waals surface area contributed by atoms with Gasteiger partial charge >= 0.3 is 0 Å². The lowest BCUT2D eigenvalue weighted by Crippen LogP contribution is -2.42. The number of rotatable bonds is 10. The Bertz CT molecular complexity index is 1000. The van der Waals surface area contributed by atoms with Gasteiger partial charge in [0.25, 0.3) is 0 Å². The van der Waals surface area contributed by atoms with Crippen LogP contribution in [0.1, 0.15) is 32.3 Å². The van der Waals surface area contributed by atoms with Gasteiger partial charge in [-0.1, -0.05) is 30.7 Å². The number of amides is 2. The molecule has 2 aromatic carbocycles. The zero-order chi connectivity index (χ0) is 24.7. The molecule has 1 aliphatic rings. The van der Waals surface area contributed by atoms with Crippen molar-refractivity contribution >= 4 is 34.8 Å². The molecule has 3 rings (SSSR count). The average Bonchev–Trinajstić information content (AvgIpc) is 3.27. The normalized spacial score (nSPS) is 16.8.